The van der Waals surface area contributed by atoms with Crippen LogP contribution in [0.25, 0.3) is 0 Å². The molecular weight excluding hydrogens is 288 g/mol. The monoisotopic (exact) mass is 311 g/mol. The van der Waals surface area contributed by atoms with Crippen LogP contribution in [0.3, 0.4) is 0 Å². The largest absolute Gasteiger partial charge is 0.495 e. The van der Waals surface area contributed by atoms with Crippen LogP contribution in [-0.4, -0.2) is 32.1 Å². The Morgan fingerprint density at radius 3 is 2.52 bits per heavy atom. The molecule has 1 atom stereocenters. The first-order valence-corrected chi connectivity index (χ1v) is 7.98. The molecule has 1 aliphatic heterocycles. The van der Waals surface area contributed by atoms with E-state index in [1.807, 2.05) is 13.0 Å². The SMILES string of the molecule is COc1ccc(NC(=O)[C@H](C)[NH+]2CCCCCC2)cc1Cl. The zero-order valence-corrected chi connectivity index (χ0v) is 13.5. The van der Waals surface area contributed by atoms with Crippen LogP contribution in [0.2, 0.25) is 5.02 Å². The Kier molecular flexibility index (Phi) is 5.88. The molecule has 1 aromatic rings. The number of nitrogens with one attached hydrogen (secondary N) is 2. The number of rotatable bonds is 4. The van der Waals surface area contributed by atoms with E-state index in [2.05, 4.69) is 5.32 Å². The smallest absolute Gasteiger partial charge is 0.282 e. The van der Waals surface area contributed by atoms with Crippen molar-refractivity contribution in [2.75, 3.05) is 25.5 Å². The number of halogens is 1. The van der Waals surface area contributed by atoms with Gasteiger partial charge in [0.05, 0.1) is 25.2 Å². The highest BCUT2D eigenvalue weighted by Gasteiger charge is 2.25. The van der Waals surface area contributed by atoms with E-state index >= 15 is 0 Å². The van der Waals surface area contributed by atoms with E-state index < -0.39 is 0 Å². The van der Waals surface area contributed by atoms with Crippen molar-refractivity contribution in [3.8, 4) is 5.75 Å². The van der Waals surface area contributed by atoms with Gasteiger partial charge < -0.3 is 15.0 Å². The molecule has 21 heavy (non-hydrogen) atoms. The van der Waals surface area contributed by atoms with Crippen molar-refractivity contribution in [2.24, 2.45) is 0 Å². The lowest BCUT2D eigenvalue weighted by molar-refractivity contribution is -0.913. The standard InChI is InChI=1S/C16H23ClN2O2/c1-12(19-9-5-3-4-6-10-19)16(20)18-13-7-8-15(21-2)14(17)11-13/h7-8,11-12H,3-6,9-10H2,1-2H3,(H,18,20)/p+1/t12-/m0/s1. The van der Waals surface area contributed by atoms with E-state index in [9.17, 15) is 4.79 Å². The lowest BCUT2D eigenvalue weighted by atomic mass is 10.2. The van der Waals surface area contributed by atoms with Gasteiger partial charge in [0.15, 0.2) is 6.04 Å². The number of carbonyl (C=O) groups excluding carboxylic acids is 1. The Bertz CT molecular complexity index is 485. The Labute approximate surface area is 131 Å². The fourth-order valence-corrected chi connectivity index (χ4v) is 3.05. The number of amides is 1. The fourth-order valence-electron chi connectivity index (χ4n) is 2.80. The van der Waals surface area contributed by atoms with Gasteiger partial charge in [-0.05, 0) is 50.8 Å². The van der Waals surface area contributed by atoms with Crippen LogP contribution >= 0.6 is 11.6 Å². The molecule has 0 radical (unpaired) electrons. The highest BCUT2D eigenvalue weighted by Crippen LogP contribution is 2.27. The molecule has 5 heteroatoms. The third-order valence-electron chi connectivity index (χ3n) is 4.17. The fraction of sp³-hybridized carbons (Fsp3) is 0.562. The van der Waals surface area contributed by atoms with Crippen LogP contribution in [0.1, 0.15) is 32.6 Å². The topological polar surface area (TPSA) is 42.8 Å². The molecule has 0 aromatic heterocycles. The first-order valence-electron chi connectivity index (χ1n) is 7.61. The number of likely N-dealkylation sites (tertiary alicyclic amines) is 1. The van der Waals surface area contributed by atoms with Gasteiger partial charge in [0.25, 0.3) is 5.91 Å². The molecule has 1 saturated heterocycles. The molecular formula is C16H24ClN2O2+. The molecule has 1 fully saturated rings. The van der Waals surface area contributed by atoms with E-state index in [-0.39, 0.29) is 11.9 Å². The van der Waals surface area contributed by atoms with E-state index in [0.717, 1.165) is 13.1 Å². The van der Waals surface area contributed by atoms with Crippen LogP contribution in [0.4, 0.5) is 5.69 Å². The van der Waals surface area contributed by atoms with Crippen molar-refractivity contribution in [1.29, 1.82) is 0 Å². The number of hydrogen-bond acceptors (Lipinski definition) is 2. The van der Waals surface area contributed by atoms with Crippen LogP contribution in [-0.2, 0) is 4.79 Å². The molecule has 2 N–H and O–H groups in total. The van der Waals surface area contributed by atoms with Gasteiger partial charge in [0, 0.05) is 5.69 Å². The summed E-state index contributed by atoms with van der Waals surface area (Å²) in [5.74, 6) is 0.661. The van der Waals surface area contributed by atoms with E-state index in [4.69, 9.17) is 16.3 Å². The molecule has 1 heterocycles. The van der Waals surface area contributed by atoms with Gasteiger partial charge in [-0.2, -0.15) is 0 Å². The van der Waals surface area contributed by atoms with Crippen molar-refractivity contribution < 1.29 is 14.4 Å². The van der Waals surface area contributed by atoms with Gasteiger partial charge in [0.2, 0.25) is 0 Å². The lowest BCUT2D eigenvalue weighted by Crippen LogP contribution is -3.16. The number of hydrogen-bond donors (Lipinski definition) is 2. The minimum atomic E-state index is -0.0380. The Morgan fingerprint density at radius 2 is 1.95 bits per heavy atom. The molecule has 1 amide bonds. The maximum atomic E-state index is 12.4. The number of benzene rings is 1. The zero-order chi connectivity index (χ0) is 15.2. The molecule has 2 rings (SSSR count). The number of carbonyl (C=O) groups is 1. The number of methoxy groups -OCH3 is 1. The van der Waals surface area contributed by atoms with Crippen LogP contribution in [0, 0.1) is 0 Å². The number of quaternary nitrogens is 1. The molecule has 0 spiro atoms. The van der Waals surface area contributed by atoms with Crippen LogP contribution in [0.15, 0.2) is 18.2 Å². The number of anilines is 1. The Hall–Kier alpha value is -1.26. The van der Waals surface area contributed by atoms with Crippen molar-refractivity contribution >= 4 is 23.2 Å². The lowest BCUT2D eigenvalue weighted by Gasteiger charge is -2.23. The summed E-state index contributed by atoms with van der Waals surface area (Å²) in [6.07, 6.45) is 4.99. The first kappa shape index (κ1) is 16.1. The van der Waals surface area contributed by atoms with Gasteiger partial charge in [0.1, 0.15) is 5.75 Å². The third kappa shape index (κ3) is 4.35. The van der Waals surface area contributed by atoms with Crippen molar-refractivity contribution in [1.82, 2.24) is 0 Å². The molecule has 0 aliphatic carbocycles. The van der Waals surface area contributed by atoms with E-state index in [1.54, 1.807) is 19.2 Å². The second-order valence-corrected chi connectivity index (χ2v) is 6.04. The minimum Gasteiger partial charge on any atom is -0.495 e. The highest BCUT2D eigenvalue weighted by atomic mass is 35.5. The maximum Gasteiger partial charge on any atom is 0.282 e. The molecule has 116 valence electrons. The summed E-state index contributed by atoms with van der Waals surface area (Å²) >= 11 is 6.08. The Morgan fingerprint density at radius 1 is 1.29 bits per heavy atom. The summed E-state index contributed by atoms with van der Waals surface area (Å²) in [4.78, 5) is 13.8. The molecule has 0 unspecified atom stereocenters. The number of ether oxygens (including phenoxy) is 1. The predicted molar refractivity (Wildman–Crippen MR) is 85.3 cm³/mol. The van der Waals surface area contributed by atoms with E-state index in [0.29, 0.717) is 16.5 Å². The zero-order valence-electron chi connectivity index (χ0n) is 12.7. The molecule has 1 aliphatic rings. The average molecular weight is 312 g/mol. The Balaban J connectivity index is 1.98. The van der Waals surface area contributed by atoms with Crippen molar-refractivity contribution in [3.05, 3.63) is 23.2 Å². The normalized spacial score (nSPS) is 17.9. The van der Waals surface area contributed by atoms with Gasteiger partial charge >= 0.3 is 0 Å². The van der Waals surface area contributed by atoms with Gasteiger partial charge in [-0.3, -0.25) is 4.79 Å². The van der Waals surface area contributed by atoms with Crippen LogP contribution < -0.4 is 15.0 Å². The maximum absolute atomic E-state index is 12.4. The quantitative estimate of drug-likeness (QED) is 0.894. The molecule has 1 aromatic carbocycles. The second kappa shape index (κ2) is 7.66. The second-order valence-electron chi connectivity index (χ2n) is 5.63. The summed E-state index contributed by atoms with van der Waals surface area (Å²) in [6.45, 7) is 4.16. The third-order valence-corrected chi connectivity index (χ3v) is 4.47. The average Bonchev–Trinajstić information content (AvgIpc) is 2.75. The van der Waals surface area contributed by atoms with Crippen molar-refractivity contribution in [2.45, 2.75) is 38.6 Å². The van der Waals surface area contributed by atoms with Crippen molar-refractivity contribution in [3.63, 3.8) is 0 Å². The minimum absolute atomic E-state index is 0.0380. The highest BCUT2D eigenvalue weighted by molar-refractivity contribution is 6.32. The predicted octanol–water partition coefficient (Wildman–Crippen LogP) is 2.13. The molecule has 0 saturated carbocycles. The van der Waals surface area contributed by atoms with E-state index in [1.165, 1.54) is 30.6 Å². The summed E-state index contributed by atoms with van der Waals surface area (Å²) in [5.41, 5.74) is 0.715. The van der Waals surface area contributed by atoms with Crippen LogP contribution in [0.5, 0.6) is 5.75 Å². The summed E-state index contributed by atoms with van der Waals surface area (Å²) in [7, 11) is 1.57. The van der Waals surface area contributed by atoms with Gasteiger partial charge in [-0.25, -0.2) is 0 Å². The molecule has 0 bridgehead atoms. The summed E-state index contributed by atoms with van der Waals surface area (Å²) in [5, 5.41) is 3.46. The molecule has 4 nitrogen and oxygen atoms in total. The van der Waals surface area contributed by atoms with Gasteiger partial charge in [-0.15, -0.1) is 0 Å². The summed E-state index contributed by atoms with van der Waals surface area (Å²) < 4.78 is 5.11. The first-order chi connectivity index (χ1) is 10.1. The summed E-state index contributed by atoms with van der Waals surface area (Å²) in [6, 6.07) is 5.26. The van der Waals surface area contributed by atoms with Gasteiger partial charge in [-0.1, -0.05) is 11.6 Å².